The molecule has 4 nitrogen and oxygen atoms in total. The van der Waals surface area contributed by atoms with E-state index in [2.05, 4.69) is 25.3 Å². The number of hydrazine groups is 2. The van der Waals surface area contributed by atoms with Gasteiger partial charge in [-0.25, -0.2) is 10.0 Å². The summed E-state index contributed by atoms with van der Waals surface area (Å²) in [6, 6.07) is 0. The van der Waals surface area contributed by atoms with Crippen LogP contribution in [0.1, 0.15) is 0 Å². The van der Waals surface area contributed by atoms with E-state index in [1.165, 1.54) is 5.49 Å². The van der Waals surface area contributed by atoms with Crippen LogP contribution in [0.3, 0.4) is 0 Å². The van der Waals surface area contributed by atoms with Crippen molar-refractivity contribution in [1.29, 1.82) is 0 Å². The SMILES string of the molecule is CN(C)N(C)/C(S)=C(/S)N(C=S)N(C)C. The lowest BCUT2D eigenvalue weighted by atomic mass is 10.7. The molecule has 0 amide bonds. The molecule has 0 fully saturated rings. The van der Waals surface area contributed by atoms with Crippen LogP contribution in [0.2, 0.25) is 0 Å². The molecule has 0 N–H and O–H groups in total. The van der Waals surface area contributed by atoms with Crippen LogP contribution in [0.4, 0.5) is 0 Å². The van der Waals surface area contributed by atoms with E-state index in [0.717, 1.165) is 5.03 Å². The van der Waals surface area contributed by atoms with E-state index >= 15 is 0 Å². The minimum Gasteiger partial charge on any atom is -0.301 e. The quantitative estimate of drug-likeness (QED) is 0.438. The lowest BCUT2D eigenvalue weighted by molar-refractivity contribution is 0.102. The molecule has 0 saturated heterocycles. The normalized spacial score (nSPS) is 12.9. The van der Waals surface area contributed by atoms with Crippen molar-refractivity contribution in [3.8, 4) is 0 Å². The van der Waals surface area contributed by atoms with Gasteiger partial charge >= 0.3 is 0 Å². The molecule has 0 spiro atoms. The number of nitrogens with zero attached hydrogens (tertiary/aromatic N) is 4. The third kappa shape index (κ3) is 4.20. The van der Waals surface area contributed by atoms with Gasteiger partial charge in [-0.1, -0.05) is 12.2 Å². The largest absolute Gasteiger partial charge is 0.301 e. The molecule has 0 aromatic heterocycles. The van der Waals surface area contributed by atoms with Gasteiger partial charge in [-0.15, -0.1) is 25.3 Å². The van der Waals surface area contributed by atoms with Gasteiger partial charge in [0.25, 0.3) is 0 Å². The standard InChI is InChI=1S/C8H18N4S3/c1-9(2)11(5)7(14)8(15)12(6-13)10(3)4/h6,14-15H,1-5H3/b8-7-. The number of hydrogen-bond acceptors (Lipinski definition) is 6. The van der Waals surface area contributed by atoms with Crippen molar-refractivity contribution in [3.63, 3.8) is 0 Å². The third-order valence-corrected chi connectivity index (χ3v) is 3.15. The predicted octanol–water partition coefficient (Wildman–Crippen LogP) is 1.12. The van der Waals surface area contributed by atoms with E-state index in [9.17, 15) is 0 Å². The van der Waals surface area contributed by atoms with Gasteiger partial charge in [0.2, 0.25) is 0 Å². The van der Waals surface area contributed by atoms with Crippen molar-refractivity contribution in [1.82, 2.24) is 20.0 Å². The van der Waals surface area contributed by atoms with Crippen LogP contribution >= 0.6 is 37.5 Å². The summed E-state index contributed by atoms with van der Waals surface area (Å²) in [7, 11) is 9.52. The highest BCUT2D eigenvalue weighted by Gasteiger charge is 2.13. The summed E-state index contributed by atoms with van der Waals surface area (Å²) in [5, 5.41) is 8.71. The fraction of sp³-hybridized carbons (Fsp3) is 0.625. The predicted molar refractivity (Wildman–Crippen MR) is 75.6 cm³/mol. The highest BCUT2D eigenvalue weighted by atomic mass is 32.1. The van der Waals surface area contributed by atoms with E-state index < -0.39 is 0 Å². The van der Waals surface area contributed by atoms with Crippen LogP contribution in [-0.2, 0) is 0 Å². The van der Waals surface area contributed by atoms with E-state index in [0.29, 0.717) is 5.03 Å². The number of thiocarbonyl (C=S) groups is 1. The molecule has 0 radical (unpaired) electrons. The minimum atomic E-state index is 0.675. The van der Waals surface area contributed by atoms with Crippen LogP contribution in [0, 0.1) is 0 Å². The zero-order chi connectivity index (χ0) is 12.2. The molecule has 0 aliphatic carbocycles. The Labute approximate surface area is 108 Å². The molecule has 88 valence electrons. The first-order chi connectivity index (χ1) is 6.82. The lowest BCUT2D eigenvalue weighted by Crippen LogP contribution is -2.37. The molecule has 0 aromatic rings. The van der Waals surface area contributed by atoms with Crippen molar-refractivity contribution in [2.75, 3.05) is 35.2 Å². The summed E-state index contributed by atoms with van der Waals surface area (Å²) in [6.45, 7) is 0. The first kappa shape index (κ1) is 15.0. The highest BCUT2D eigenvalue weighted by Crippen LogP contribution is 2.20. The van der Waals surface area contributed by atoms with E-state index in [4.69, 9.17) is 12.2 Å². The second-order valence-electron chi connectivity index (χ2n) is 3.32. The van der Waals surface area contributed by atoms with Crippen molar-refractivity contribution in [3.05, 3.63) is 10.1 Å². The fourth-order valence-corrected chi connectivity index (χ4v) is 1.81. The summed E-state index contributed by atoms with van der Waals surface area (Å²) >= 11 is 13.7. The summed E-state index contributed by atoms with van der Waals surface area (Å²) in [6.07, 6.45) is 0. The van der Waals surface area contributed by atoms with Crippen molar-refractivity contribution in [2.24, 2.45) is 0 Å². The summed E-state index contributed by atoms with van der Waals surface area (Å²) in [5.74, 6) is 0. The molecule has 0 atom stereocenters. The molecule has 0 aliphatic rings. The molecule has 0 aromatic carbocycles. The van der Waals surface area contributed by atoms with E-state index in [1.807, 2.05) is 50.3 Å². The van der Waals surface area contributed by atoms with Crippen LogP contribution in [0.15, 0.2) is 10.1 Å². The summed E-state index contributed by atoms with van der Waals surface area (Å²) < 4.78 is 0. The summed E-state index contributed by atoms with van der Waals surface area (Å²) in [4.78, 5) is 0. The zero-order valence-corrected chi connectivity index (χ0v) is 12.3. The van der Waals surface area contributed by atoms with Crippen molar-refractivity contribution >= 4 is 43.0 Å². The maximum atomic E-state index is 4.91. The van der Waals surface area contributed by atoms with E-state index in [-0.39, 0.29) is 0 Å². The van der Waals surface area contributed by atoms with Crippen LogP contribution < -0.4 is 0 Å². The molecular weight excluding hydrogens is 248 g/mol. The van der Waals surface area contributed by atoms with Crippen LogP contribution in [0.25, 0.3) is 0 Å². The van der Waals surface area contributed by atoms with Gasteiger partial charge < -0.3 is 5.01 Å². The molecule has 7 heteroatoms. The van der Waals surface area contributed by atoms with Gasteiger partial charge in [0, 0.05) is 35.2 Å². The van der Waals surface area contributed by atoms with Crippen LogP contribution in [-0.4, -0.2) is 60.8 Å². The Bertz CT molecular complexity index is 252. The van der Waals surface area contributed by atoms with Gasteiger partial charge in [-0.05, 0) is 0 Å². The Morgan fingerprint density at radius 3 is 1.67 bits per heavy atom. The molecular formula is C8H18N4S3. The lowest BCUT2D eigenvalue weighted by Gasteiger charge is -2.32. The van der Waals surface area contributed by atoms with Crippen LogP contribution in [0.5, 0.6) is 0 Å². The molecule has 15 heavy (non-hydrogen) atoms. The maximum Gasteiger partial charge on any atom is 0.119 e. The molecule has 0 bridgehead atoms. The Kier molecular flexibility index (Phi) is 6.62. The fourth-order valence-electron chi connectivity index (χ4n) is 0.770. The Morgan fingerprint density at radius 1 is 0.933 bits per heavy atom. The smallest absolute Gasteiger partial charge is 0.119 e. The molecule has 0 rings (SSSR count). The average molecular weight is 266 g/mol. The number of hydrogen-bond donors (Lipinski definition) is 2. The number of rotatable bonds is 5. The second-order valence-corrected chi connectivity index (χ2v) is 4.37. The topological polar surface area (TPSA) is 13.0 Å². The molecule has 0 unspecified atom stereocenters. The first-order valence-electron chi connectivity index (χ1n) is 4.27. The zero-order valence-electron chi connectivity index (χ0n) is 9.67. The summed E-state index contributed by atoms with van der Waals surface area (Å²) in [5.41, 5.74) is 1.52. The van der Waals surface area contributed by atoms with Gasteiger partial charge in [-0.3, -0.25) is 5.01 Å². The monoisotopic (exact) mass is 266 g/mol. The first-order valence-corrected chi connectivity index (χ1v) is 5.64. The van der Waals surface area contributed by atoms with Crippen molar-refractivity contribution < 1.29 is 0 Å². The van der Waals surface area contributed by atoms with Gasteiger partial charge in [-0.2, -0.15) is 0 Å². The maximum absolute atomic E-state index is 4.91. The third-order valence-electron chi connectivity index (χ3n) is 1.85. The molecule has 0 saturated carbocycles. The van der Waals surface area contributed by atoms with E-state index in [1.54, 1.807) is 5.01 Å². The molecule has 0 aliphatic heterocycles. The molecule has 0 heterocycles. The van der Waals surface area contributed by atoms with Crippen molar-refractivity contribution in [2.45, 2.75) is 0 Å². The number of thiol groups is 2. The highest BCUT2D eigenvalue weighted by molar-refractivity contribution is 7.88. The van der Waals surface area contributed by atoms with Gasteiger partial charge in [0.05, 0.1) is 5.49 Å². The Morgan fingerprint density at radius 2 is 1.40 bits per heavy atom. The second kappa shape index (κ2) is 6.59. The van der Waals surface area contributed by atoms with Gasteiger partial charge in [0.15, 0.2) is 0 Å². The van der Waals surface area contributed by atoms with Gasteiger partial charge in [0.1, 0.15) is 10.1 Å². The average Bonchev–Trinajstić information content (AvgIpc) is 2.15. The minimum absolute atomic E-state index is 0.675. The Balaban J connectivity index is 4.97. The Hall–Kier alpha value is 0.0500.